The predicted molar refractivity (Wildman–Crippen MR) is 381 cm³/mol. The van der Waals surface area contributed by atoms with Gasteiger partial charge in [-0.1, -0.05) is 309 Å². The third-order valence-corrected chi connectivity index (χ3v) is 16.5. The molecule has 0 aliphatic carbocycles. The molecule has 0 aromatic heterocycles. The van der Waals surface area contributed by atoms with Gasteiger partial charge in [-0.2, -0.15) is 0 Å². The van der Waals surface area contributed by atoms with E-state index in [1.54, 1.807) is 0 Å². The second kappa shape index (κ2) is 67.8. The van der Waals surface area contributed by atoms with Crippen LogP contribution in [0, 0.1) is 0 Å². The van der Waals surface area contributed by atoms with Gasteiger partial charge < -0.3 is 18.9 Å². The van der Waals surface area contributed by atoms with Crippen LogP contribution in [0.4, 0.5) is 0 Å². The molecule has 2 unspecified atom stereocenters. The Kier molecular flexibility index (Phi) is 65.0. The zero-order valence-corrected chi connectivity index (χ0v) is 58.6. The van der Waals surface area contributed by atoms with Gasteiger partial charge in [-0.05, 0) is 109 Å². The van der Waals surface area contributed by atoms with Gasteiger partial charge in [0.05, 0.1) is 27.7 Å². The van der Waals surface area contributed by atoms with Crippen molar-refractivity contribution in [2.24, 2.45) is 0 Å². The number of phosphoric acid groups is 1. The maximum atomic E-state index is 12.9. The van der Waals surface area contributed by atoms with Crippen LogP contribution in [-0.2, 0) is 32.7 Å². The first-order chi connectivity index (χ1) is 43.0. The van der Waals surface area contributed by atoms with Crippen molar-refractivity contribution < 1.29 is 42.1 Å². The Hall–Kier alpha value is -3.59. The van der Waals surface area contributed by atoms with E-state index in [0.29, 0.717) is 17.4 Å². The number of carbonyl (C=O) groups is 2. The van der Waals surface area contributed by atoms with Gasteiger partial charge in [-0.3, -0.25) is 18.6 Å². The third-order valence-electron chi connectivity index (χ3n) is 15.5. The molecule has 0 bridgehead atoms. The van der Waals surface area contributed by atoms with Gasteiger partial charge in [0.1, 0.15) is 19.8 Å². The molecule has 0 rings (SSSR count). The van der Waals surface area contributed by atoms with E-state index in [-0.39, 0.29) is 32.0 Å². The lowest BCUT2D eigenvalue weighted by Crippen LogP contribution is -2.37. The number of phosphoric ester groups is 1. The molecule has 10 heteroatoms. The molecule has 2 atom stereocenters. The fourth-order valence-corrected chi connectivity index (χ4v) is 10.7. The Morgan fingerprint density at radius 3 is 0.977 bits per heavy atom. The highest BCUT2D eigenvalue weighted by molar-refractivity contribution is 7.47. The van der Waals surface area contributed by atoms with E-state index >= 15 is 0 Å². The van der Waals surface area contributed by atoms with Gasteiger partial charge in [0, 0.05) is 12.8 Å². The average Bonchev–Trinajstić information content (AvgIpc) is 3.56. The summed E-state index contributed by atoms with van der Waals surface area (Å²) < 4.78 is 34.7. The standard InChI is InChI=1S/C78H136NO8P/c1-6-8-10-12-14-16-18-20-22-24-26-28-30-32-34-36-38-39-41-43-45-47-49-51-53-55-57-59-61-63-65-67-69-71-78(81)87-76(75-86-88(82,83)85-73-72-79(3,4)5)74-84-77(80)70-68-66-64-62-60-58-56-54-52-50-48-46-44-42-40-37-35-33-31-29-27-25-23-21-19-17-15-13-11-9-7-2/h8,10,14,16,20,22,25-28,32,34,38-39,43,45,49,51,55,57,76H,6-7,9,11-13,15,17-19,21,23-24,29-31,33,35-37,40-42,44,46-48,50,52-54,56,58-75H2,1-5H3/p+1/b10-8-,16-14-,22-20-,27-25-,28-26-,34-32-,39-38-,45-43-,51-49-,57-55-. The summed E-state index contributed by atoms with van der Waals surface area (Å²) in [5.41, 5.74) is 0. The van der Waals surface area contributed by atoms with Gasteiger partial charge in [0.25, 0.3) is 0 Å². The molecule has 0 aliphatic heterocycles. The SMILES string of the molecule is CC/C=C\C/C=C\C/C=C\C/C=C\C/C=C\C/C=C\C/C=C\C/C=C\C/C=C\CCCCCCCC(=O)OC(COC(=O)CCCCCCCCCCCCCCCCCCCCC/C=C\CCCCCCCCCC)COP(=O)(O)OCC[N+](C)(C)C. The van der Waals surface area contributed by atoms with Crippen LogP contribution in [0.15, 0.2) is 122 Å². The molecule has 0 fully saturated rings. The van der Waals surface area contributed by atoms with E-state index < -0.39 is 26.5 Å². The van der Waals surface area contributed by atoms with Crippen LogP contribution < -0.4 is 0 Å². The van der Waals surface area contributed by atoms with Gasteiger partial charge in [0.2, 0.25) is 0 Å². The average molecular weight is 1250 g/mol. The number of hydrogen-bond acceptors (Lipinski definition) is 7. The van der Waals surface area contributed by atoms with Crippen LogP contribution >= 0.6 is 7.82 Å². The topological polar surface area (TPSA) is 108 Å². The summed E-state index contributed by atoms with van der Waals surface area (Å²) in [6, 6.07) is 0. The van der Waals surface area contributed by atoms with E-state index in [1.807, 2.05) is 21.1 Å². The number of likely N-dealkylation sites (N-methyl/N-ethyl adjacent to an activating group) is 1. The van der Waals surface area contributed by atoms with E-state index in [1.165, 1.54) is 167 Å². The molecule has 0 aromatic carbocycles. The molecule has 0 amide bonds. The lowest BCUT2D eigenvalue weighted by Gasteiger charge is -2.24. The minimum Gasteiger partial charge on any atom is -0.462 e. The van der Waals surface area contributed by atoms with Gasteiger partial charge in [-0.15, -0.1) is 0 Å². The smallest absolute Gasteiger partial charge is 0.462 e. The number of allylic oxidation sites excluding steroid dienone is 20. The zero-order chi connectivity index (χ0) is 64.1. The molecular weight excluding hydrogens is 1110 g/mol. The highest BCUT2D eigenvalue weighted by Gasteiger charge is 2.27. The van der Waals surface area contributed by atoms with E-state index in [4.69, 9.17) is 18.5 Å². The Balaban J connectivity index is 4.11. The molecule has 0 aliphatic rings. The van der Waals surface area contributed by atoms with Gasteiger partial charge >= 0.3 is 19.8 Å². The molecule has 88 heavy (non-hydrogen) atoms. The molecule has 0 radical (unpaired) electrons. The fraction of sp³-hybridized carbons (Fsp3) is 0.718. The second-order valence-corrected chi connectivity index (χ2v) is 26.7. The molecule has 0 saturated heterocycles. The highest BCUT2D eigenvalue weighted by atomic mass is 31.2. The number of quaternary nitrogens is 1. The van der Waals surface area contributed by atoms with Crippen molar-refractivity contribution >= 4 is 19.8 Å². The van der Waals surface area contributed by atoms with Crippen molar-refractivity contribution in [3.8, 4) is 0 Å². The Morgan fingerprint density at radius 1 is 0.364 bits per heavy atom. The van der Waals surface area contributed by atoms with Crippen molar-refractivity contribution in [3.05, 3.63) is 122 Å². The van der Waals surface area contributed by atoms with E-state index in [2.05, 4.69) is 135 Å². The number of hydrogen-bond donors (Lipinski definition) is 1. The summed E-state index contributed by atoms with van der Waals surface area (Å²) >= 11 is 0. The van der Waals surface area contributed by atoms with Crippen molar-refractivity contribution in [1.82, 2.24) is 0 Å². The fourth-order valence-electron chi connectivity index (χ4n) is 9.95. The molecule has 0 spiro atoms. The molecule has 0 heterocycles. The van der Waals surface area contributed by atoms with Crippen LogP contribution in [0.5, 0.6) is 0 Å². The first-order valence-electron chi connectivity index (χ1n) is 36.3. The number of unbranched alkanes of at least 4 members (excludes halogenated alkanes) is 32. The van der Waals surface area contributed by atoms with E-state index in [0.717, 1.165) is 109 Å². The molecule has 1 N–H and O–H groups in total. The quantitative estimate of drug-likeness (QED) is 0.0211. The predicted octanol–water partition coefficient (Wildman–Crippen LogP) is 23.8. The first-order valence-corrected chi connectivity index (χ1v) is 37.8. The highest BCUT2D eigenvalue weighted by Crippen LogP contribution is 2.43. The summed E-state index contributed by atoms with van der Waals surface area (Å²) in [6.07, 6.45) is 97.4. The molecule has 0 saturated carbocycles. The van der Waals surface area contributed by atoms with Crippen molar-refractivity contribution in [2.45, 2.75) is 315 Å². The molecule has 0 aromatic rings. The summed E-state index contributed by atoms with van der Waals surface area (Å²) in [5, 5.41) is 0. The summed E-state index contributed by atoms with van der Waals surface area (Å²) in [7, 11) is 1.46. The third kappa shape index (κ3) is 71.5. The Labute approximate surface area is 543 Å². The van der Waals surface area contributed by atoms with Crippen LogP contribution in [0.2, 0.25) is 0 Å². The maximum Gasteiger partial charge on any atom is 0.472 e. The van der Waals surface area contributed by atoms with Gasteiger partial charge in [-0.25, -0.2) is 4.57 Å². The minimum atomic E-state index is -4.41. The molecule has 9 nitrogen and oxygen atoms in total. The van der Waals surface area contributed by atoms with Crippen LogP contribution in [0.25, 0.3) is 0 Å². The zero-order valence-electron chi connectivity index (χ0n) is 57.7. The number of carbonyl (C=O) groups excluding carboxylic acids is 2. The number of nitrogens with zero attached hydrogens (tertiary/aromatic N) is 1. The van der Waals surface area contributed by atoms with Crippen LogP contribution in [-0.4, -0.2) is 74.9 Å². The van der Waals surface area contributed by atoms with Crippen LogP contribution in [0.3, 0.4) is 0 Å². The summed E-state index contributed by atoms with van der Waals surface area (Å²) in [6.45, 7) is 4.32. The molecule has 506 valence electrons. The monoisotopic (exact) mass is 1250 g/mol. The van der Waals surface area contributed by atoms with Crippen molar-refractivity contribution in [2.75, 3.05) is 47.5 Å². The summed E-state index contributed by atoms with van der Waals surface area (Å²) in [4.78, 5) is 35.9. The first kappa shape index (κ1) is 84.4. The maximum absolute atomic E-state index is 12.9. The number of ether oxygens (including phenoxy) is 2. The van der Waals surface area contributed by atoms with Gasteiger partial charge in [0.15, 0.2) is 6.10 Å². The van der Waals surface area contributed by atoms with Crippen molar-refractivity contribution in [3.63, 3.8) is 0 Å². The Morgan fingerprint density at radius 2 is 0.648 bits per heavy atom. The Bertz CT molecular complexity index is 1900. The molecular formula is C78H137NO8P+. The normalized spacial score (nSPS) is 13.8. The lowest BCUT2D eigenvalue weighted by molar-refractivity contribution is -0.870. The largest absolute Gasteiger partial charge is 0.472 e. The van der Waals surface area contributed by atoms with Crippen LogP contribution in [0.1, 0.15) is 309 Å². The van der Waals surface area contributed by atoms with Crippen molar-refractivity contribution in [1.29, 1.82) is 0 Å². The lowest BCUT2D eigenvalue weighted by atomic mass is 10.0. The van der Waals surface area contributed by atoms with E-state index in [9.17, 15) is 19.0 Å². The number of rotatable bonds is 66. The summed E-state index contributed by atoms with van der Waals surface area (Å²) in [5.74, 6) is -0.816. The second-order valence-electron chi connectivity index (χ2n) is 25.2. The number of esters is 2. The minimum absolute atomic E-state index is 0.0226.